The maximum Gasteiger partial charge on any atom is 0.416 e. The van der Waals surface area contributed by atoms with Gasteiger partial charge in [0.15, 0.2) is 0 Å². The zero-order chi connectivity index (χ0) is 25.0. The Morgan fingerprint density at radius 1 is 1.09 bits per heavy atom. The van der Waals surface area contributed by atoms with E-state index >= 15 is 0 Å². The third kappa shape index (κ3) is 5.76. The maximum absolute atomic E-state index is 13.3. The highest BCUT2D eigenvalue weighted by Gasteiger charge is 2.31. The largest absolute Gasteiger partial charge is 0.416 e. The van der Waals surface area contributed by atoms with Crippen LogP contribution in [-0.2, 0) is 12.7 Å². The first-order valence-electron chi connectivity index (χ1n) is 10.1. The lowest BCUT2D eigenvalue weighted by molar-refractivity contribution is -0.137. The van der Waals surface area contributed by atoms with Gasteiger partial charge in [-0.15, -0.1) is 0 Å². The first-order chi connectivity index (χ1) is 16.0. The van der Waals surface area contributed by atoms with E-state index in [1.807, 2.05) is 0 Å². The molecular weight excluding hydrogens is 458 g/mol. The molecule has 8 nitrogen and oxygen atoms in total. The number of carbonyl (C=O) groups excluding carboxylic acids is 1. The molecule has 3 rings (SSSR count). The fraction of sp³-hybridized carbons (Fsp3) is 0.273. The molecule has 0 unspecified atom stereocenters. The van der Waals surface area contributed by atoms with E-state index in [2.05, 4.69) is 10.4 Å². The summed E-state index contributed by atoms with van der Waals surface area (Å²) in [5.74, 6) is -1.42. The zero-order valence-corrected chi connectivity index (χ0v) is 18.3. The Morgan fingerprint density at radius 3 is 2.38 bits per heavy atom. The van der Waals surface area contributed by atoms with Gasteiger partial charge < -0.3 is 10.2 Å². The molecule has 0 aliphatic carbocycles. The Labute approximate surface area is 191 Å². The second-order valence-corrected chi connectivity index (χ2v) is 7.67. The van der Waals surface area contributed by atoms with Crippen molar-refractivity contribution in [1.29, 1.82) is 0 Å². The lowest BCUT2D eigenvalue weighted by atomic mass is 10.2. The fourth-order valence-electron chi connectivity index (χ4n) is 3.03. The van der Waals surface area contributed by atoms with Gasteiger partial charge in [-0.1, -0.05) is 18.2 Å². The monoisotopic (exact) mass is 479 g/mol. The predicted molar refractivity (Wildman–Crippen MR) is 115 cm³/mol. The second kappa shape index (κ2) is 10.00. The molecule has 1 N–H and O–H groups in total. The normalized spacial score (nSPS) is 11.6. The van der Waals surface area contributed by atoms with Crippen molar-refractivity contribution in [3.8, 4) is 5.69 Å². The Balaban J connectivity index is 2.15. The van der Waals surface area contributed by atoms with Crippen molar-refractivity contribution in [2.75, 3.05) is 27.2 Å². The smallest absolute Gasteiger partial charge is 0.349 e. The maximum atomic E-state index is 13.3. The van der Waals surface area contributed by atoms with Gasteiger partial charge in [0.25, 0.3) is 11.5 Å². The molecule has 34 heavy (non-hydrogen) atoms. The second-order valence-electron chi connectivity index (χ2n) is 7.67. The molecule has 180 valence electrons. The number of halogens is 4. The highest BCUT2D eigenvalue weighted by Crippen LogP contribution is 2.29. The minimum atomic E-state index is -4.69. The van der Waals surface area contributed by atoms with Crippen molar-refractivity contribution in [3.63, 3.8) is 0 Å². The Morgan fingerprint density at radius 2 is 1.76 bits per heavy atom. The minimum absolute atomic E-state index is 0.160. The van der Waals surface area contributed by atoms with E-state index in [1.54, 1.807) is 19.0 Å². The van der Waals surface area contributed by atoms with E-state index in [1.165, 1.54) is 18.2 Å². The van der Waals surface area contributed by atoms with E-state index in [-0.39, 0.29) is 18.8 Å². The van der Waals surface area contributed by atoms with E-state index < -0.39 is 40.4 Å². The van der Waals surface area contributed by atoms with Crippen LogP contribution in [0.15, 0.2) is 58.1 Å². The molecule has 1 heterocycles. The van der Waals surface area contributed by atoms with Crippen LogP contribution in [-0.4, -0.2) is 52.3 Å². The first-order valence-corrected chi connectivity index (χ1v) is 10.1. The number of alkyl halides is 3. The van der Waals surface area contributed by atoms with Crippen LogP contribution in [0.1, 0.15) is 21.6 Å². The Bertz CT molecular complexity index is 1300. The summed E-state index contributed by atoms with van der Waals surface area (Å²) in [5.41, 5.74) is -3.71. The van der Waals surface area contributed by atoms with Crippen LogP contribution in [0, 0.1) is 5.82 Å². The predicted octanol–water partition coefficient (Wildman–Crippen LogP) is 1.89. The third-order valence-electron chi connectivity index (χ3n) is 4.79. The van der Waals surface area contributed by atoms with Crippen LogP contribution >= 0.6 is 0 Å². The molecule has 0 spiro atoms. The number of nitrogens with one attached hydrogen (secondary N) is 1. The summed E-state index contributed by atoms with van der Waals surface area (Å²) in [6, 6.07) is 8.72. The van der Waals surface area contributed by atoms with Gasteiger partial charge in [0.2, 0.25) is 5.69 Å². The average Bonchev–Trinajstić information content (AvgIpc) is 2.77. The number of hydrogen-bond acceptors (Lipinski definition) is 5. The van der Waals surface area contributed by atoms with Crippen molar-refractivity contribution < 1.29 is 22.4 Å². The van der Waals surface area contributed by atoms with Crippen LogP contribution in [0.4, 0.5) is 17.6 Å². The van der Waals surface area contributed by atoms with E-state index in [0.29, 0.717) is 27.4 Å². The van der Waals surface area contributed by atoms with Gasteiger partial charge in [0.1, 0.15) is 5.82 Å². The van der Waals surface area contributed by atoms with Crippen LogP contribution in [0.3, 0.4) is 0 Å². The highest BCUT2D eigenvalue weighted by atomic mass is 19.4. The summed E-state index contributed by atoms with van der Waals surface area (Å²) >= 11 is 0. The number of rotatable bonds is 7. The summed E-state index contributed by atoms with van der Waals surface area (Å²) in [6.07, 6.45) is -4.69. The topological polar surface area (TPSA) is 89.2 Å². The van der Waals surface area contributed by atoms with Gasteiger partial charge in [0, 0.05) is 13.1 Å². The van der Waals surface area contributed by atoms with Gasteiger partial charge >= 0.3 is 11.9 Å². The number of hydrogen-bond donors (Lipinski definition) is 1. The SMILES string of the molecule is CN(C)CCNC(=O)c1nn(-c2cccc(C(F)(F)F)c2)c(=O)n(Cc2ccc(F)cc2)c1=O. The van der Waals surface area contributed by atoms with Crippen LogP contribution in [0.5, 0.6) is 0 Å². The zero-order valence-electron chi connectivity index (χ0n) is 18.3. The van der Waals surface area contributed by atoms with Gasteiger partial charge in [0.05, 0.1) is 17.8 Å². The molecule has 1 aromatic heterocycles. The van der Waals surface area contributed by atoms with Crippen molar-refractivity contribution in [2.45, 2.75) is 12.7 Å². The Hall–Kier alpha value is -3.80. The third-order valence-corrected chi connectivity index (χ3v) is 4.79. The summed E-state index contributed by atoms with van der Waals surface area (Å²) in [4.78, 5) is 40.5. The molecule has 0 aliphatic heterocycles. The number of nitrogens with zero attached hydrogens (tertiary/aromatic N) is 4. The quantitative estimate of drug-likeness (QED) is 0.523. The molecule has 3 aromatic rings. The first kappa shape index (κ1) is 24.8. The fourth-order valence-corrected chi connectivity index (χ4v) is 3.03. The van der Waals surface area contributed by atoms with Crippen LogP contribution in [0.25, 0.3) is 5.69 Å². The average molecular weight is 479 g/mol. The number of likely N-dealkylation sites (N-methyl/N-ethyl adjacent to an activating group) is 1. The summed E-state index contributed by atoms with van der Waals surface area (Å²) < 4.78 is 54.1. The van der Waals surface area contributed by atoms with Crippen molar-refractivity contribution in [3.05, 3.63) is 92.0 Å². The minimum Gasteiger partial charge on any atom is -0.349 e. The molecule has 0 radical (unpaired) electrons. The van der Waals surface area contributed by atoms with Crippen molar-refractivity contribution >= 4 is 5.91 Å². The number of benzene rings is 2. The molecule has 2 aromatic carbocycles. The van der Waals surface area contributed by atoms with Gasteiger partial charge in [-0.2, -0.15) is 23.0 Å². The van der Waals surface area contributed by atoms with E-state index in [9.17, 15) is 31.9 Å². The molecule has 0 saturated carbocycles. The van der Waals surface area contributed by atoms with Gasteiger partial charge in [-0.3, -0.25) is 14.2 Å². The number of amides is 1. The molecule has 12 heteroatoms. The van der Waals surface area contributed by atoms with E-state index in [0.717, 1.165) is 24.3 Å². The van der Waals surface area contributed by atoms with Crippen LogP contribution < -0.4 is 16.6 Å². The summed E-state index contributed by atoms with van der Waals surface area (Å²) in [6.45, 7) is 0.258. The van der Waals surface area contributed by atoms with E-state index in [4.69, 9.17) is 0 Å². The lowest BCUT2D eigenvalue weighted by Gasteiger charge is -2.14. The number of carbonyl (C=O) groups is 1. The van der Waals surface area contributed by atoms with Gasteiger partial charge in [-0.25, -0.2) is 9.18 Å². The molecule has 0 bridgehead atoms. The van der Waals surface area contributed by atoms with Crippen molar-refractivity contribution in [2.24, 2.45) is 0 Å². The molecule has 0 saturated heterocycles. The van der Waals surface area contributed by atoms with Crippen LogP contribution in [0.2, 0.25) is 0 Å². The summed E-state index contributed by atoms with van der Waals surface area (Å²) in [7, 11) is 3.54. The molecule has 0 fully saturated rings. The molecule has 1 amide bonds. The summed E-state index contributed by atoms with van der Waals surface area (Å²) in [5, 5.41) is 6.30. The standard InChI is InChI=1S/C22H21F4N5O3/c1-29(2)11-10-27-19(32)18-20(33)30(13-14-6-8-16(23)9-7-14)21(34)31(28-18)17-5-3-4-15(12-17)22(24,25)26/h3-9,12H,10-11,13H2,1-2H3,(H,27,32). The highest BCUT2D eigenvalue weighted by molar-refractivity contribution is 5.91. The lowest BCUT2D eigenvalue weighted by Crippen LogP contribution is -2.46. The molecule has 0 aliphatic rings. The van der Waals surface area contributed by atoms with Gasteiger partial charge in [-0.05, 0) is 50.0 Å². The molecule has 0 atom stereocenters. The molecular formula is C22H21F4N5O3. The Kier molecular flexibility index (Phi) is 7.30. The van der Waals surface area contributed by atoms with Crippen molar-refractivity contribution in [1.82, 2.24) is 24.6 Å². The number of aromatic nitrogens is 3.